The number of nitrogens with zero attached hydrogens (tertiary/aromatic N) is 2. The number of guanidine groups is 1. The summed E-state index contributed by atoms with van der Waals surface area (Å²) >= 11 is 0. The van der Waals surface area contributed by atoms with Crippen molar-refractivity contribution in [3.05, 3.63) is 59.7 Å². The molecule has 0 fully saturated rings. The van der Waals surface area contributed by atoms with Gasteiger partial charge in [0.15, 0.2) is 5.96 Å². The molecule has 25 heavy (non-hydrogen) atoms. The summed E-state index contributed by atoms with van der Waals surface area (Å²) < 4.78 is 5.48. The van der Waals surface area contributed by atoms with E-state index in [1.165, 1.54) is 16.8 Å². The molecule has 0 saturated carbocycles. The monoisotopic (exact) mass is 451 g/mol. The highest BCUT2D eigenvalue weighted by Crippen LogP contribution is 2.28. The van der Waals surface area contributed by atoms with Gasteiger partial charge in [-0.1, -0.05) is 43.3 Å². The van der Waals surface area contributed by atoms with Crippen LogP contribution in [0.5, 0.6) is 5.75 Å². The van der Waals surface area contributed by atoms with Gasteiger partial charge in [-0.3, -0.25) is 4.99 Å². The fraction of sp³-hybridized carbons (Fsp3) is 0.350. The number of halogens is 1. The van der Waals surface area contributed by atoms with E-state index >= 15 is 0 Å². The fourth-order valence-electron chi connectivity index (χ4n) is 3.28. The van der Waals surface area contributed by atoms with Gasteiger partial charge in [0.25, 0.3) is 0 Å². The molecule has 0 amide bonds. The van der Waals surface area contributed by atoms with Crippen molar-refractivity contribution in [1.29, 1.82) is 0 Å². The average Bonchev–Trinajstić information content (AvgIpc) is 3.06. The van der Waals surface area contributed by atoms with Gasteiger partial charge >= 0.3 is 0 Å². The van der Waals surface area contributed by atoms with Crippen LogP contribution >= 0.6 is 24.0 Å². The molecule has 4 nitrogen and oxygen atoms in total. The van der Waals surface area contributed by atoms with Gasteiger partial charge in [0.1, 0.15) is 5.75 Å². The highest BCUT2D eigenvalue weighted by atomic mass is 127. The SMILES string of the molecule is CN=C(NCC(C)c1ccccc1OC)N1CCc2ccccc21.I. The van der Waals surface area contributed by atoms with Gasteiger partial charge in [0.05, 0.1) is 7.11 Å². The van der Waals surface area contributed by atoms with E-state index < -0.39 is 0 Å². The molecule has 134 valence electrons. The average molecular weight is 451 g/mol. The smallest absolute Gasteiger partial charge is 0.198 e. The predicted octanol–water partition coefficient (Wildman–Crippen LogP) is 4.05. The zero-order valence-corrected chi connectivity index (χ0v) is 17.4. The Bertz CT molecular complexity index is 732. The molecular weight excluding hydrogens is 425 g/mol. The van der Waals surface area contributed by atoms with Crippen LogP contribution in [0.25, 0.3) is 0 Å². The van der Waals surface area contributed by atoms with E-state index in [1.807, 2.05) is 19.2 Å². The number of anilines is 1. The van der Waals surface area contributed by atoms with Crippen molar-refractivity contribution in [3.63, 3.8) is 0 Å². The summed E-state index contributed by atoms with van der Waals surface area (Å²) in [5.41, 5.74) is 3.86. The lowest BCUT2D eigenvalue weighted by Gasteiger charge is -2.24. The first-order chi connectivity index (χ1) is 11.7. The highest BCUT2D eigenvalue weighted by molar-refractivity contribution is 14.0. The van der Waals surface area contributed by atoms with E-state index in [0.717, 1.165) is 31.2 Å². The number of para-hydroxylation sites is 2. The van der Waals surface area contributed by atoms with Gasteiger partial charge in [-0.15, -0.1) is 24.0 Å². The van der Waals surface area contributed by atoms with Gasteiger partial charge in [0, 0.05) is 31.7 Å². The molecule has 2 aromatic rings. The highest BCUT2D eigenvalue weighted by Gasteiger charge is 2.22. The Labute approximate surface area is 167 Å². The molecular formula is C20H26IN3O. The number of methoxy groups -OCH3 is 1. The molecule has 0 spiro atoms. The molecule has 0 aliphatic carbocycles. The lowest BCUT2D eigenvalue weighted by Crippen LogP contribution is -2.42. The zero-order valence-electron chi connectivity index (χ0n) is 15.0. The predicted molar refractivity (Wildman–Crippen MR) is 116 cm³/mol. The zero-order chi connectivity index (χ0) is 16.9. The minimum Gasteiger partial charge on any atom is -0.496 e. The second-order valence-corrected chi connectivity index (χ2v) is 6.10. The van der Waals surface area contributed by atoms with E-state index in [2.05, 4.69) is 58.5 Å². The van der Waals surface area contributed by atoms with Crippen LogP contribution in [0.15, 0.2) is 53.5 Å². The second-order valence-electron chi connectivity index (χ2n) is 6.10. The minimum atomic E-state index is 0. The number of benzene rings is 2. The molecule has 0 saturated heterocycles. The van der Waals surface area contributed by atoms with Gasteiger partial charge in [0.2, 0.25) is 0 Å². The van der Waals surface area contributed by atoms with E-state index in [1.54, 1.807) is 7.11 Å². The lowest BCUT2D eigenvalue weighted by atomic mass is 10.0. The summed E-state index contributed by atoms with van der Waals surface area (Å²) in [5, 5.41) is 3.52. The van der Waals surface area contributed by atoms with Crippen molar-refractivity contribution < 1.29 is 4.74 Å². The van der Waals surface area contributed by atoms with Crippen molar-refractivity contribution in [2.75, 3.05) is 32.1 Å². The van der Waals surface area contributed by atoms with Crippen molar-refractivity contribution >= 4 is 35.6 Å². The van der Waals surface area contributed by atoms with Gasteiger partial charge in [-0.25, -0.2) is 0 Å². The quantitative estimate of drug-likeness (QED) is 0.433. The fourth-order valence-corrected chi connectivity index (χ4v) is 3.28. The molecule has 1 aliphatic heterocycles. The Balaban J connectivity index is 0.00000225. The Morgan fingerprint density at radius 3 is 2.68 bits per heavy atom. The molecule has 5 heteroatoms. The maximum Gasteiger partial charge on any atom is 0.198 e. The van der Waals surface area contributed by atoms with Crippen LogP contribution in [0.1, 0.15) is 24.0 Å². The topological polar surface area (TPSA) is 36.9 Å². The molecule has 0 bridgehead atoms. The number of hydrogen-bond acceptors (Lipinski definition) is 2. The van der Waals surface area contributed by atoms with E-state index in [9.17, 15) is 0 Å². The minimum absolute atomic E-state index is 0. The van der Waals surface area contributed by atoms with Gasteiger partial charge < -0.3 is 15.0 Å². The molecule has 0 aromatic heterocycles. The third-order valence-corrected chi connectivity index (χ3v) is 4.59. The Kier molecular flexibility index (Phi) is 7.11. The largest absolute Gasteiger partial charge is 0.496 e. The first-order valence-electron chi connectivity index (χ1n) is 8.43. The molecule has 3 rings (SSSR count). The number of hydrogen-bond donors (Lipinski definition) is 1. The first kappa shape index (κ1) is 19.6. The summed E-state index contributed by atoms with van der Waals surface area (Å²) in [6.07, 6.45) is 1.07. The van der Waals surface area contributed by atoms with Crippen LogP contribution in [0, 0.1) is 0 Å². The van der Waals surface area contributed by atoms with Crippen LogP contribution in [0.3, 0.4) is 0 Å². The van der Waals surface area contributed by atoms with E-state index in [4.69, 9.17) is 4.74 Å². The molecule has 1 N–H and O–H groups in total. The van der Waals surface area contributed by atoms with Crippen molar-refractivity contribution in [2.24, 2.45) is 4.99 Å². The van der Waals surface area contributed by atoms with Crippen molar-refractivity contribution in [3.8, 4) is 5.75 Å². The normalized spacial score (nSPS) is 14.5. The summed E-state index contributed by atoms with van der Waals surface area (Å²) in [6, 6.07) is 16.7. The molecule has 0 radical (unpaired) electrons. The summed E-state index contributed by atoms with van der Waals surface area (Å²) in [5.74, 6) is 2.20. The molecule has 1 unspecified atom stereocenters. The van der Waals surface area contributed by atoms with E-state index in [-0.39, 0.29) is 24.0 Å². The molecule has 2 aromatic carbocycles. The Morgan fingerprint density at radius 2 is 1.92 bits per heavy atom. The maximum atomic E-state index is 5.48. The van der Waals surface area contributed by atoms with Crippen LogP contribution in [0.2, 0.25) is 0 Å². The third kappa shape index (κ3) is 4.26. The Hall–Kier alpha value is -1.76. The summed E-state index contributed by atoms with van der Waals surface area (Å²) in [4.78, 5) is 6.75. The second kappa shape index (κ2) is 9.08. The van der Waals surface area contributed by atoms with Crippen LogP contribution in [-0.4, -0.2) is 33.2 Å². The van der Waals surface area contributed by atoms with E-state index in [0.29, 0.717) is 5.92 Å². The Morgan fingerprint density at radius 1 is 1.20 bits per heavy atom. The molecule has 1 heterocycles. The van der Waals surface area contributed by atoms with Crippen molar-refractivity contribution in [2.45, 2.75) is 19.3 Å². The standard InChI is InChI=1S/C20H25N3O.HI/c1-15(17-9-5-7-11-19(17)24-3)14-22-20(21-2)23-13-12-16-8-4-6-10-18(16)23;/h4-11,15H,12-14H2,1-3H3,(H,21,22);1H. The lowest BCUT2D eigenvalue weighted by molar-refractivity contribution is 0.406. The summed E-state index contributed by atoms with van der Waals surface area (Å²) in [7, 11) is 3.57. The third-order valence-electron chi connectivity index (χ3n) is 4.59. The van der Waals surface area contributed by atoms with Gasteiger partial charge in [-0.2, -0.15) is 0 Å². The number of ether oxygens (including phenoxy) is 1. The van der Waals surface area contributed by atoms with Crippen molar-refractivity contribution in [1.82, 2.24) is 5.32 Å². The molecule has 1 atom stereocenters. The number of nitrogens with one attached hydrogen (secondary N) is 1. The first-order valence-corrected chi connectivity index (χ1v) is 8.43. The van der Waals surface area contributed by atoms with Crippen LogP contribution in [0.4, 0.5) is 5.69 Å². The number of fused-ring (bicyclic) bond motifs is 1. The van der Waals surface area contributed by atoms with Crippen LogP contribution in [-0.2, 0) is 6.42 Å². The summed E-state index contributed by atoms with van der Waals surface area (Å²) in [6.45, 7) is 3.99. The number of rotatable bonds is 4. The van der Waals surface area contributed by atoms with Crippen LogP contribution < -0.4 is 15.0 Å². The van der Waals surface area contributed by atoms with Gasteiger partial charge in [-0.05, 0) is 29.7 Å². The number of aliphatic imine (C=N–C) groups is 1. The molecule has 1 aliphatic rings. The maximum absolute atomic E-state index is 5.48.